The maximum Gasteiger partial charge on any atom is 0.326 e. The zero-order valence-corrected chi connectivity index (χ0v) is 12.5. The molecule has 114 valence electrons. The molecule has 0 rings (SSSR count). The van der Waals surface area contributed by atoms with Gasteiger partial charge in [0.05, 0.1) is 0 Å². The quantitative estimate of drug-likeness (QED) is 0.678. The summed E-state index contributed by atoms with van der Waals surface area (Å²) < 4.78 is 0. The first-order valence-corrected chi connectivity index (χ1v) is 7.07. The van der Waals surface area contributed by atoms with E-state index >= 15 is 0 Å². The summed E-state index contributed by atoms with van der Waals surface area (Å²) in [6.07, 6.45) is 0.112. The first kappa shape index (κ1) is 18.4. The predicted octanol–water partition coefficient (Wildman–Crippen LogP) is 0.679. The van der Waals surface area contributed by atoms with Gasteiger partial charge in [0.2, 0.25) is 5.91 Å². The molecular weight excluding hydrogens is 286 g/mol. The van der Waals surface area contributed by atoms with Crippen LogP contribution < -0.4 is 0 Å². The molecule has 0 aliphatic heterocycles. The van der Waals surface area contributed by atoms with Crippen LogP contribution in [0.5, 0.6) is 0 Å². The Morgan fingerprint density at radius 3 is 2.10 bits per heavy atom. The van der Waals surface area contributed by atoms with Crippen LogP contribution >= 0.6 is 11.8 Å². The van der Waals surface area contributed by atoms with Gasteiger partial charge in [-0.1, -0.05) is 25.6 Å². The molecule has 0 aliphatic carbocycles. The fourth-order valence-corrected chi connectivity index (χ4v) is 2.24. The highest BCUT2D eigenvalue weighted by atomic mass is 32.2. The molecule has 1 amide bonds. The van der Waals surface area contributed by atoms with E-state index in [4.69, 9.17) is 10.2 Å². The third kappa shape index (κ3) is 6.05. The number of carbonyl (C=O) groups excluding carboxylic acids is 2. The molecule has 2 atom stereocenters. The van der Waals surface area contributed by atoms with Gasteiger partial charge in [-0.25, -0.2) is 4.79 Å². The minimum absolute atomic E-state index is 0.112. The fraction of sp³-hybridized carbons (Fsp3) is 0.667. The van der Waals surface area contributed by atoms with E-state index in [9.17, 15) is 19.2 Å². The van der Waals surface area contributed by atoms with Crippen molar-refractivity contribution >= 4 is 34.7 Å². The lowest BCUT2D eigenvalue weighted by molar-refractivity contribution is -0.155. The Balaban J connectivity index is 5.00. The van der Waals surface area contributed by atoms with Crippen molar-refractivity contribution in [3.8, 4) is 0 Å². The van der Waals surface area contributed by atoms with Crippen molar-refractivity contribution in [3.05, 3.63) is 0 Å². The van der Waals surface area contributed by atoms with Crippen LogP contribution in [0.4, 0.5) is 0 Å². The molecule has 0 radical (unpaired) electrons. The molecule has 0 fully saturated rings. The monoisotopic (exact) mass is 305 g/mol. The fourth-order valence-electron chi connectivity index (χ4n) is 1.61. The van der Waals surface area contributed by atoms with E-state index in [0.717, 1.165) is 16.7 Å². The zero-order chi connectivity index (χ0) is 15.9. The largest absolute Gasteiger partial charge is 0.480 e. The lowest BCUT2D eigenvalue weighted by atomic mass is 10.1. The van der Waals surface area contributed by atoms with Crippen LogP contribution in [0.15, 0.2) is 0 Å². The average Bonchev–Trinajstić information content (AvgIpc) is 2.33. The highest BCUT2D eigenvalue weighted by Gasteiger charge is 2.32. The summed E-state index contributed by atoms with van der Waals surface area (Å²) in [4.78, 5) is 45.8. The van der Waals surface area contributed by atoms with Crippen LogP contribution in [0, 0.1) is 5.92 Å². The molecule has 0 heterocycles. The zero-order valence-electron chi connectivity index (χ0n) is 11.7. The molecule has 0 saturated carbocycles. The van der Waals surface area contributed by atoms with E-state index in [0.29, 0.717) is 0 Å². The molecule has 0 aromatic carbocycles. The van der Waals surface area contributed by atoms with Crippen molar-refractivity contribution in [3.63, 3.8) is 0 Å². The van der Waals surface area contributed by atoms with E-state index < -0.39 is 36.4 Å². The number of thioether (sulfide) groups is 1. The van der Waals surface area contributed by atoms with Crippen LogP contribution in [0.3, 0.4) is 0 Å². The van der Waals surface area contributed by atoms with Gasteiger partial charge in [-0.15, -0.1) is 0 Å². The van der Waals surface area contributed by atoms with E-state index in [1.165, 1.54) is 6.92 Å². The summed E-state index contributed by atoms with van der Waals surface area (Å²) >= 11 is 0.950. The maximum atomic E-state index is 12.2. The summed E-state index contributed by atoms with van der Waals surface area (Å²) in [5.74, 6) is -3.52. The minimum atomic E-state index is -1.27. The van der Waals surface area contributed by atoms with Gasteiger partial charge in [0, 0.05) is 18.6 Å². The summed E-state index contributed by atoms with van der Waals surface area (Å²) in [6.45, 7) is 3.80. The Labute approximate surface area is 121 Å². The Kier molecular flexibility index (Phi) is 7.90. The topological polar surface area (TPSA) is 112 Å². The summed E-state index contributed by atoms with van der Waals surface area (Å²) in [5.41, 5.74) is 0. The van der Waals surface area contributed by atoms with Crippen LogP contribution in [0.25, 0.3) is 0 Å². The van der Waals surface area contributed by atoms with Gasteiger partial charge in [0.25, 0.3) is 0 Å². The number of hydrogen-bond donors (Lipinski definition) is 2. The highest BCUT2D eigenvalue weighted by Crippen LogP contribution is 2.15. The molecular formula is C12H19NO6S. The molecule has 2 N–H and O–H groups in total. The number of amides is 1. The first-order chi connectivity index (χ1) is 9.20. The lowest BCUT2D eigenvalue weighted by Gasteiger charge is -2.29. The van der Waals surface area contributed by atoms with E-state index in [-0.39, 0.29) is 17.3 Å². The number of aliphatic carboxylic acids is 2. The van der Waals surface area contributed by atoms with Gasteiger partial charge in [0.15, 0.2) is 5.12 Å². The van der Waals surface area contributed by atoms with Gasteiger partial charge in [-0.05, 0) is 6.42 Å². The molecule has 0 spiro atoms. The maximum absolute atomic E-state index is 12.2. The number of nitrogens with zero attached hydrogens (tertiary/aromatic N) is 1. The second kappa shape index (κ2) is 8.57. The van der Waals surface area contributed by atoms with Gasteiger partial charge in [-0.3, -0.25) is 14.4 Å². The third-order valence-corrected chi connectivity index (χ3v) is 3.67. The van der Waals surface area contributed by atoms with Crippen molar-refractivity contribution in [1.82, 2.24) is 4.90 Å². The molecule has 0 aromatic rings. The molecule has 0 bridgehead atoms. The van der Waals surface area contributed by atoms with Crippen molar-refractivity contribution in [2.75, 3.05) is 12.3 Å². The Hall–Kier alpha value is -1.57. The lowest BCUT2D eigenvalue weighted by Crippen LogP contribution is -2.49. The van der Waals surface area contributed by atoms with Gasteiger partial charge < -0.3 is 15.1 Å². The van der Waals surface area contributed by atoms with Gasteiger partial charge in [0.1, 0.15) is 12.6 Å². The van der Waals surface area contributed by atoms with Crippen LogP contribution in [0.2, 0.25) is 0 Å². The van der Waals surface area contributed by atoms with Crippen molar-refractivity contribution in [1.29, 1.82) is 0 Å². The summed E-state index contributed by atoms with van der Waals surface area (Å²) in [6, 6.07) is -1.18. The van der Waals surface area contributed by atoms with Crippen molar-refractivity contribution in [2.45, 2.75) is 33.2 Å². The third-order valence-electron chi connectivity index (χ3n) is 2.59. The molecule has 0 aromatic heterocycles. The minimum Gasteiger partial charge on any atom is -0.480 e. The van der Waals surface area contributed by atoms with Crippen molar-refractivity contribution < 1.29 is 29.4 Å². The van der Waals surface area contributed by atoms with Gasteiger partial charge in [-0.2, -0.15) is 0 Å². The first-order valence-electron chi connectivity index (χ1n) is 6.09. The molecule has 20 heavy (non-hydrogen) atoms. The standard InChI is InChI=1S/C12H19NO6S/c1-4-9(12(18)19)13(5-10(15)16)11(17)7(2)6-20-8(3)14/h7,9H,4-6H2,1-3H3,(H,15,16)(H,18,19)/t7-,9-/m1/s1. The van der Waals surface area contributed by atoms with Crippen LogP contribution in [-0.4, -0.2) is 56.4 Å². The van der Waals surface area contributed by atoms with Gasteiger partial charge >= 0.3 is 11.9 Å². The number of carbonyl (C=O) groups is 4. The predicted molar refractivity (Wildman–Crippen MR) is 73.4 cm³/mol. The normalized spacial score (nSPS) is 13.3. The summed E-state index contributed by atoms with van der Waals surface area (Å²) in [5, 5.41) is 17.7. The second-order valence-corrected chi connectivity index (χ2v) is 5.52. The molecule has 7 nitrogen and oxygen atoms in total. The second-order valence-electron chi connectivity index (χ2n) is 4.33. The number of carboxylic acids is 2. The Morgan fingerprint density at radius 2 is 1.75 bits per heavy atom. The smallest absolute Gasteiger partial charge is 0.326 e. The van der Waals surface area contributed by atoms with Crippen molar-refractivity contribution in [2.24, 2.45) is 5.92 Å². The summed E-state index contributed by atoms with van der Waals surface area (Å²) in [7, 11) is 0. The number of hydrogen-bond acceptors (Lipinski definition) is 5. The molecule has 0 aliphatic rings. The number of rotatable bonds is 8. The molecule has 8 heteroatoms. The molecule has 0 saturated heterocycles. The highest BCUT2D eigenvalue weighted by molar-refractivity contribution is 8.13. The van der Waals surface area contributed by atoms with E-state index in [1.54, 1.807) is 13.8 Å². The Bertz CT molecular complexity index is 397. The molecule has 0 unspecified atom stereocenters. The SMILES string of the molecule is CC[C@H](C(=O)O)N(CC(=O)O)C(=O)[C@H](C)CSC(C)=O. The Morgan fingerprint density at radius 1 is 1.20 bits per heavy atom. The van der Waals surface area contributed by atoms with E-state index in [2.05, 4.69) is 0 Å². The van der Waals surface area contributed by atoms with Crippen LogP contribution in [-0.2, 0) is 19.2 Å². The van der Waals surface area contributed by atoms with Crippen LogP contribution in [0.1, 0.15) is 27.2 Å². The van der Waals surface area contributed by atoms with E-state index in [1.807, 2.05) is 0 Å². The average molecular weight is 305 g/mol. The number of carboxylic acid groups (broad SMARTS) is 2.